The molecule has 2 aliphatic rings. The van der Waals surface area contributed by atoms with Crippen LogP contribution < -0.4 is 21.5 Å². The number of carbonyl (C=O) groups excluding carboxylic acids is 1. The third kappa shape index (κ3) is 5.73. The van der Waals surface area contributed by atoms with Crippen molar-refractivity contribution in [3.8, 4) is 0 Å². The molecule has 0 aliphatic carbocycles. The third-order valence-electron chi connectivity index (χ3n) is 7.18. The van der Waals surface area contributed by atoms with E-state index in [1.54, 1.807) is 7.05 Å². The molecule has 4 rings (SSSR count). The van der Waals surface area contributed by atoms with Crippen molar-refractivity contribution in [3.63, 3.8) is 0 Å². The number of likely N-dealkylation sites (tertiary alicyclic amines) is 1. The predicted molar refractivity (Wildman–Crippen MR) is 134 cm³/mol. The van der Waals surface area contributed by atoms with Gasteiger partial charge in [-0.2, -0.15) is 0 Å². The molecule has 2 aromatic rings. The number of benzene rings is 1. The van der Waals surface area contributed by atoms with Gasteiger partial charge in [0.05, 0.1) is 5.92 Å². The molecule has 2 aliphatic heterocycles. The van der Waals surface area contributed by atoms with E-state index >= 15 is 0 Å². The number of nitrogens with zero attached hydrogens (tertiary/aromatic N) is 4. The second-order valence-electron chi connectivity index (χ2n) is 9.62. The summed E-state index contributed by atoms with van der Waals surface area (Å²) in [7, 11) is 3.14. The molecule has 0 spiro atoms. The van der Waals surface area contributed by atoms with Crippen molar-refractivity contribution < 1.29 is 4.79 Å². The maximum Gasteiger partial charge on any atom is 0.332 e. The number of hydrogen-bond donors (Lipinski definition) is 1. The second kappa shape index (κ2) is 10.8. The van der Waals surface area contributed by atoms with E-state index in [4.69, 9.17) is 11.6 Å². The summed E-state index contributed by atoms with van der Waals surface area (Å²) in [4.78, 5) is 41.8. The van der Waals surface area contributed by atoms with E-state index in [0.717, 1.165) is 61.5 Å². The summed E-state index contributed by atoms with van der Waals surface area (Å²) >= 11 is 6.10. The Balaban J connectivity index is 1.26. The number of amides is 1. The summed E-state index contributed by atoms with van der Waals surface area (Å²) < 4.78 is 2.58. The Bertz CT molecular complexity index is 1140. The quantitative estimate of drug-likeness (QED) is 0.674. The van der Waals surface area contributed by atoms with Crippen LogP contribution in [0.15, 0.2) is 39.9 Å². The zero-order chi connectivity index (χ0) is 24.2. The lowest BCUT2D eigenvalue weighted by Gasteiger charge is -2.35. The lowest BCUT2D eigenvalue weighted by Crippen LogP contribution is -2.47. The summed E-state index contributed by atoms with van der Waals surface area (Å²) in [5.74, 6) is 0.991. The highest BCUT2D eigenvalue weighted by atomic mass is 35.5. The first-order chi connectivity index (χ1) is 16.3. The molecule has 9 heteroatoms. The summed E-state index contributed by atoms with van der Waals surface area (Å²) in [5.41, 5.74) is 0.553. The SMILES string of the molecule is Cn1c(N2CCC[C@@H](C(=O)NCC3CCN(Cc4cccc(Cl)c4)CC3)C2)cc(=O)n(C)c1=O. The molecule has 3 heterocycles. The summed E-state index contributed by atoms with van der Waals surface area (Å²) in [6.45, 7) is 4.88. The highest BCUT2D eigenvalue weighted by molar-refractivity contribution is 6.30. The first-order valence-corrected chi connectivity index (χ1v) is 12.5. The van der Waals surface area contributed by atoms with E-state index in [1.165, 1.54) is 23.2 Å². The Labute approximate surface area is 205 Å². The Morgan fingerprint density at radius 1 is 1.06 bits per heavy atom. The molecule has 1 N–H and O–H groups in total. The van der Waals surface area contributed by atoms with Crippen LogP contribution in [0.3, 0.4) is 0 Å². The molecular weight excluding hydrogens is 454 g/mol. The Kier molecular flexibility index (Phi) is 7.78. The standard InChI is InChI=1S/C25H34ClN5O3/c1-28-22(14-23(32)29(2)25(28)34)31-10-4-6-20(17-31)24(33)27-15-18-8-11-30(12-9-18)16-19-5-3-7-21(26)13-19/h3,5,7,13-14,18,20H,4,6,8-12,15-17H2,1-2H3,(H,27,33)/t20-/m1/s1. The fourth-order valence-electron chi connectivity index (χ4n) is 5.06. The third-order valence-corrected chi connectivity index (χ3v) is 7.42. The van der Waals surface area contributed by atoms with E-state index in [2.05, 4.69) is 16.3 Å². The average Bonchev–Trinajstić information content (AvgIpc) is 2.84. The van der Waals surface area contributed by atoms with Crippen LogP contribution in [0.2, 0.25) is 5.02 Å². The van der Waals surface area contributed by atoms with Crippen LogP contribution >= 0.6 is 11.6 Å². The van der Waals surface area contributed by atoms with Gasteiger partial charge in [0.15, 0.2) is 0 Å². The first kappa shape index (κ1) is 24.5. The van der Waals surface area contributed by atoms with Gasteiger partial charge in [-0.1, -0.05) is 23.7 Å². The van der Waals surface area contributed by atoms with Gasteiger partial charge in [0.25, 0.3) is 5.56 Å². The molecule has 8 nitrogen and oxygen atoms in total. The number of halogens is 1. The maximum absolute atomic E-state index is 12.9. The molecular formula is C25H34ClN5O3. The van der Waals surface area contributed by atoms with E-state index in [1.807, 2.05) is 23.1 Å². The highest BCUT2D eigenvalue weighted by Crippen LogP contribution is 2.23. The highest BCUT2D eigenvalue weighted by Gasteiger charge is 2.28. The van der Waals surface area contributed by atoms with Gasteiger partial charge in [0.1, 0.15) is 5.82 Å². The zero-order valence-electron chi connectivity index (χ0n) is 20.0. The van der Waals surface area contributed by atoms with Gasteiger partial charge in [0, 0.05) is 51.4 Å². The van der Waals surface area contributed by atoms with E-state index < -0.39 is 0 Å². The fourth-order valence-corrected chi connectivity index (χ4v) is 5.27. The molecule has 184 valence electrons. The number of carbonyl (C=O) groups is 1. The molecule has 34 heavy (non-hydrogen) atoms. The van der Waals surface area contributed by atoms with Crippen LogP contribution in [-0.4, -0.2) is 52.7 Å². The van der Waals surface area contributed by atoms with E-state index in [0.29, 0.717) is 24.8 Å². The van der Waals surface area contributed by atoms with Crippen molar-refractivity contribution in [2.75, 3.05) is 37.6 Å². The van der Waals surface area contributed by atoms with Gasteiger partial charge in [-0.3, -0.25) is 23.6 Å². The molecule has 2 saturated heterocycles. The molecule has 0 radical (unpaired) electrons. The molecule has 1 atom stereocenters. The second-order valence-corrected chi connectivity index (χ2v) is 10.1. The predicted octanol–water partition coefficient (Wildman–Crippen LogP) is 1.98. The van der Waals surface area contributed by atoms with Crippen molar-refractivity contribution >= 4 is 23.3 Å². The van der Waals surface area contributed by atoms with E-state index in [-0.39, 0.29) is 23.1 Å². The molecule has 1 aromatic heterocycles. The number of anilines is 1. The minimum absolute atomic E-state index is 0.0693. The zero-order valence-corrected chi connectivity index (χ0v) is 20.8. The minimum atomic E-state index is -0.351. The molecule has 0 saturated carbocycles. The number of nitrogens with one attached hydrogen (secondary N) is 1. The van der Waals surface area contributed by atoms with Crippen LogP contribution in [-0.2, 0) is 25.4 Å². The normalized spacial score (nSPS) is 19.9. The average molecular weight is 488 g/mol. The van der Waals surface area contributed by atoms with Crippen molar-refractivity contribution in [1.29, 1.82) is 0 Å². The molecule has 2 fully saturated rings. The fraction of sp³-hybridized carbons (Fsp3) is 0.560. The minimum Gasteiger partial charge on any atom is -0.357 e. The lowest BCUT2D eigenvalue weighted by molar-refractivity contribution is -0.125. The van der Waals surface area contributed by atoms with Gasteiger partial charge in [0.2, 0.25) is 5.91 Å². The number of hydrogen-bond acceptors (Lipinski definition) is 5. The van der Waals surface area contributed by atoms with Gasteiger partial charge in [-0.15, -0.1) is 0 Å². The van der Waals surface area contributed by atoms with Gasteiger partial charge in [-0.25, -0.2) is 4.79 Å². The number of aromatic nitrogens is 2. The van der Waals surface area contributed by atoms with Crippen molar-refractivity contribution in [3.05, 3.63) is 61.8 Å². The Morgan fingerprint density at radius 3 is 2.56 bits per heavy atom. The molecule has 1 amide bonds. The lowest BCUT2D eigenvalue weighted by atomic mass is 9.94. The summed E-state index contributed by atoms with van der Waals surface area (Å²) in [5, 5.41) is 3.95. The van der Waals surface area contributed by atoms with Crippen LogP contribution in [0, 0.1) is 11.8 Å². The van der Waals surface area contributed by atoms with E-state index in [9.17, 15) is 14.4 Å². The van der Waals surface area contributed by atoms with Crippen molar-refractivity contribution in [1.82, 2.24) is 19.4 Å². The molecule has 1 aromatic carbocycles. The Morgan fingerprint density at radius 2 is 1.82 bits per heavy atom. The number of rotatable bonds is 6. The van der Waals surface area contributed by atoms with Crippen molar-refractivity contribution in [2.45, 2.75) is 32.2 Å². The van der Waals surface area contributed by atoms with Gasteiger partial charge >= 0.3 is 5.69 Å². The maximum atomic E-state index is 12.9. The van der Waals surface area contributed by atoms with Crippen LogP contribution in [0.5, 0.6) is 0 Å². The largest absolute Gasteiger partial charge is 0.357 e. The monoisotopic (exact) mass is 487 g/mol. The molecule has 0 bridgehead atoms. The summed E-state index contributed by atoms with van der Waals surface area (Å²) in [6, 6.07) is 9.50. The Hall–Kier alpha value is -2.58. The molecule has 0 unspecified atom stereocenters. The van der Waals surface area contributed by atoms with Crippen LogP contribution in [0.1, 0.15) is 31.2 Å². The smallest absolute Gasteiger partial charge is 0.332 e. The van der Waals surface area contributed by atoms with Gasteiger partial charge < -0.3 is 10.2 Å². The topological polar surface area (TPSA) is 79.6 Å². The van der Waals surface area contributed by atoms with Crippen molar-refractivity contribution in [2.24, 2.45) is 25.9 Å². The summed E-state index contributed by atoms with van der Waals surface area (Å²) in [6.07, 6.45) is 3.79. The van der Waals surface area contributed by atoms with Gasteiger partial charge in [-0.05, 0) is 62.4 Å². The van der Waals surface area contributed by atoms with Crippen LogP contribution in [0.25, 0.3) is 0 Å². The number of piperidine rings is 2. The first-order valence-electron chi connectivity index (χ1n) is 12.1. The van der Waals surface area contributed by atoms with Crippen LogP contribution in [0.4, 0.5) is 5.82 Å².